The monoisotopic (exact) mass is 366 g/mol. The molecule has 0 fully saturated rings. The first-order chi connectivity index (χ1) is 12.5. The first kappa shape index (κ1) is 21.3. The number of allylic oxidation sites excluding steroid dienone is 1. The molecule has 5 heteroatoms. The summed E-state index contributed by atoms with van der Waals surface area (Å²) in [5.74, 6) is 0.407. The second-order valence-electron chi connectivity index (χ2n) is 7.83. The molecule has 0 amide bonds. The van der Waals surface area contributed by atoms with Gasteiger partial charge >= 0.3 is 0 Å². The Kier molecular flexibility index (Phi) is 8.02. The fourth-order valence-electron chi connectivity index (χ4n) is 4.30. The molecule has 1 aliphatic carbocycles. The van der Waals surface area contributed by atoms with Gasteiger partial charge in [-0.2, -0.15) is 0 Å². The average Bonchev–Trinajstić information content (AvgIpc) is 3.05. The van der Waals surface area contributed by atoms with Gasteiger partial charge < -0.3 is 24.1 Å². The van der Waals surface area contributed by atoms with Crippen LogP contribution in [0.5, 0.6) is 0 Å². The molecule has 0 saturated carbocycles. The average molecular weight is 366 g/mol. The molecule has 2 aliphatic rings. The van der Waals surface area contributed by atoms with Crippen LogP contribution in [0, 0.1) is 11.3 Å². The minimum atomic E-state index is -0.0893. The third kappa shape index (κ3) is 4.63. The summed E-state index contributed by atoms with van der Waals surface area (Å²) in [7, 11) is 1.64. The van der Waals surface area contributed by atoms with E-state index in [1.54, 1.807) is 7.11 Å². The summed E-state index contributed by atoms with van der Waals surface area (Å²) < 4.78 is 17.3. The molecule has 2 rings (SSSR count). The lowest BCUT2D eigenvalue weighted by Crippen LogP contribution is -2.40. The van der Waals surface area contributed by atoms with Crippen LogP contribution in [0.2, 0.25) is 0 Å². The van der Waals surface area contributed by atoms with Crippen LogP contribution in [0.4, 0.5) is 0 Å². The summed E-state index contributed by atoms with van der Waals surface area (Å²) in [6, 6.07) is 0. The SMILES string of the molecule is COCO[C@@H]1C[C@@H](C)[C@@](C)(CCC=O)C2=C1[C@@H](/C=C(\C)CCCO)OC2. The van der Waals surface area contributed by atoms with E-state index in [9.17, 15) is 4.79 Å². The minimum Gasteiger partial charge on any atom is -0.396 e. The van der Waals surface area contributed by atoms with Gasteiger partial charge in [-0.05, 0) is 55.1 Å². The summed E-state index contributed by atoms with van der Waals surface area (Å²) >= 11 is 0. The molecular weight excluding hydrogens is 332 g/mol. The van der Waals surface area contributed by atoms with Crippen LogP contribution in [-0.4, -0.2) is 50.7 Å². The highest BCUT2D eigenvalue weighted by molar-refractivity contribution is 5.50. The minimum absolute atomic E-state index is 0.0151. The number of hydrogen-bond acceptors (Lipinski definition) is 5. The summed E-state index contributed by atoms with van der Waals surface area (Å²) in [6.45, 7) is 7.64. The molecule has 1 N–H and O–H groups in total. The van der Waals surface area contributed by atoms with Gasteiger partial charge in [-0.25, -0.2) is 0 Å². The molecule has 0 bridgehead atoms. The van der Waals surface area contributed by atoms with Crippen molar-refractivity contribution < 1.29 is 24.1 Å². The normalized spacial score (nSPS) is 32.0. The molecule has 0 unspecified atom stereocenters. The number of carbonyl (C=O) groups excluding carboxylic acids is 1. The van der Waals surface area contributed by atoms with Crippen LogP contribution < -0.4 is 0 Å². The van der Waals surface area contributed by atoms with Crippen molar-refractivity contribution in [2.75, 3.05) is 27.1 Å². The fourth-order valence-corrected chi connectivity index (χ4v) is 4.30. The van der Waals surface area contributed by atoms with Gasteiger partial charge in [0, 0.05) is 20.1 Å². The maximum Gasteiger partial charge on any atom is 0.147 e. The lowest BCUT2D eigenvalue weighted by Gasteiger charge is -2.44. The third-order valence-corrected chi connectivity index (χ3v) is 6.09. The lowest BCUT2D eigenvalue weighted by atomic mass is 9.62. The largest absolute Gasteiger partial charge is 0.396 e. The number of hydrogen-bond donors (Lipinski definition) is 1. The number of rotatable bonds is 10. The Morgan fingerprint density at radius 3 is 2.88 bits per heavy atom. The number of aliphatic hydroxyl groups is 1. The maximum atomic E-state index is 11.0. The van der Waals surface area contributed by atoms with Gasteiger partial charge in [-0.15, -0.1) is 0 Å². The van der Waals surface area contributed by atoms with Gasteiger partial charge in [0.25, 0.3) is 0 Å². The van der Waals surface area contributed by atoms with Crippen LogP contribution in [-0.2, 0) is 19.0 Å². The quantitative estimate of drug-likeness (QED) is 0.365. The van der Waals surface area contributed by atoms with Gasteiger partial charge in [0.15, 0.2) is 0 Å². The number of carbonyl (C=O) groups is 1. The summed E-state index contributed by atoms with van der Waals surface area (Å²) in [4.78, 5) is 11.0. The first-order valence-corrected chi connectivity index (χ1v) is 9.65. The topological polar surface area (TPSA) is 65.0 Å². The highest BCUT2D eigenvalue weighted by Gasteiger charge is 2.47. The van der Waals surface area contributed by atoms with E-state index >= 15 is 0 Å². The summed E-state index contributed by atoms with van der Waals surface area (Å²) in [5, 5.41) is 9.05. The summed E-state index contributed by atoms with van der Waals surface area (Å²) in [5.41, 5.74) is 3.70. The molecule has 0 aromatic carbocycles. The summed E-state index contributed by atoms with van der Waals surface area (Å²) in [6.07, 6.45) is 7.01. The Labute approximate surface area is 157 Å². The Bertz CT molecular complexity index is 539. The van der Waals surface area contributed by atoms with Crippen LogP contribution in [0.3, 0.4) is 0 Å². The highest BCUT2D eigenvalue weighted by atomic mass is 16.7. The van der Waals surface area contributed by atoms with E-state index < -0.39 is 0 Å². The zero-order valence-electron chi connectivity index (χ0n) is 16.6. The van der Waals surface area contributed by atoms with E-state index in [1.165, 1.54) is 16.7 Å². The predicted molar refractivity (Wildman–Crippen MR) is 101 cm³/mol. The van der Waals surface area contributed by atoms with Crippen LogP contribution >= 0.6 is 0 Å². The zero-order chi connectivity index (χ0) is 19.2. The molecule has 0 radical (unpaired) electrons. The van der Waals surface area contributed by atoms with E-state index in [1.807, 2.05) is 0 Å². The molecule has 0 spiro atoms. The predicted octanol–water partition coefficient (Wildman–Crippen LogP) is 3.41. The Balaban J connectivity index is 2.34. The molecule has 0 aromatic heterocycles. The van der Waals surface area contributed by atoms with Crippen molar-refractivity contribution >= 4 is 6.29 Å². The molecule has 5 nitrogen and oxygen atoms in total. The van der Waals surface area contributed by atoms with Crippen molar-refractivity contribution in [3.63, 3.8) is 0 Å². The van der Waals surface area contributed by atoms with E-state index in [0.29, 0.717) is 18.9 Å². The van der Waals surface area contributed by atoms with Crippen molar-refractivity contribution in [3.05, 3.63) is 22.8 Å². The van der Waals surface area contributed by atoms with E-state index in [-0.39, 0.29) is 31.0 Å². The molecule has 26 heavy (non-hydrogen) atoms. The second kappa shape index (κ2) is 9.79. The third-order valence-electron chi connectivity index (χ3n) is 6.09. The van der Waals surface area contributed by atoms with E-state index in [4.69, 9.17) is 19.3 Å². The molecule has 4 atom stereocenters. The van der Waals surface area contributed by atoms with Crippen molar-refractivity contribution in [1.29, 1.82) is 0 Å². The molecule has 1 heterocycles. The Morgan fingerprint density at radius 2 is 2.23 bits per heavy atom. The number of aldehydes is 1. The standard InChI is InChI=1S/C21H34O5/c1-15(7-5-9-22)11-18-20-17(13-25-18)21(3,8-6-10-23)16(2)12-19(20)26-14-24-4/h10-11,16,18-19,22H,5-9,12-14H2,1-4H3/b15-11+/t16-,18-,19-,21-/m1/s1. The first-order valence-electron chi connectivity index (χ1n) is 9.65. The van der Waals surface area contributed by atoms with Crippen molar-refractivity contribution in [2.24, 2.45) is 11.3 Å². The molecular formula is C21H34O5. The molecule has 148 valence electrons. The van der Waals surface area contributed by atoms with Crippen molar-refractivity contribution in [1.82, 2.24) is 0 Å². The lowest BCUT2D eigenvalue weighted by molar-refractivity contribution is -0.108. The van der Waals surface area contributed by atoms with Crippen LogP contribution in [0.1, 0.15) is 52.9 Å². The molecule has 0 saturated heterocycles. The van der Waals surface area contributed by atoms with Crippen LogP contribution in [0.15, 0.2) is 22.8 Å². The number of ether oxygens (including phenoxy) is 3. The smallest absolute Gasteiger partial charge is 0.147 e. The molecule has 1 aliphatic heterocycles. The van der Waals surface area contributed by atoms with Crippen LogP contribution in [0.25, 0.3) is 0 Å². The second-order valence-corrected chi connectivity index (χ2v) is 7.83. The Morgan fingerprint density at radius 1 is 1.46 bits per heavy atom. The molecule has 0 aromatic rings. The van der Waals surface area contributed by atoms with E-state index in [0.717, 1.165) is 32.0 Å². The van der Waals surface area contributed by atoms with E-state index in [2.05, 4.69) is 26.8 Å². The van der Waals surface area contributed by atoms with Gasteiger partial charge in [-0.3, -0.25) is 0 Å². The van der Waals surface area contributed by atoms with Crippen molar-refractivity contribution in [2.45, 2.75) is 65.1 Å². The highest BCUT2D eigenvalue weighted by Crippen LogP contribution is 2.52. The number of methoxy groups -OCH3 is 1. The van der Waals surface area contributed by atoms with Gasteiger partial charge in [0.05, 0.1) is 12.7 Å². The van der Waals surface area contributed by atoms with Gasteiger partial charge in [0.2, 0.25) is 0 Å². The maximum absolute atomic E-state index is 11.0. The van der Waals surface area contributed by atoms with Crippen molar-refractivity contribution in [3.8, 4) is 0 Å². The van der Waals surface area contributed by atoms with Gasteiger partial charge in [-0.1, -0.05) is 25.5 Å². The number of aliphatic hydroxyl groups excluding tert-OH is 1. The zero-order valence-corrected chi connectivity index (χ0v) is 16.6. The Hall–Kier alpha value is -1.01. The fraction of sp³-hybridized carbons (Fsp3) is 0.762. The van der Waals surface area contributed by atoms with Gasteiger partial charge in [0.1, 0.15) is 19.2 Å².